The number of pyridine rings is 2. The van der Waals surface area contributed by atoms with Gasteiger partial charge >= 0.3 is 0 Å². The summed E-state index contributed by atoms with van der Waals surface area (Å²) >= 11 is 0. The number of aliphatic hydroxyl groups is 1. The van der Waals surface area contributed by atoms with E-state index in [1.54, 1.807) is 28.9 Å². The van der Waals surface area contributed by atoms with E-state index < -0.39 is 16.3 Å². The highest BCUT2D eigenvalue weighted by atomic mass is 32.2. The molecule has 2 saturated carbocycles. The first-order valence-electron chi connectivity index (χ1n) is 17.7. The average molecular weight is 666 g/mol. The zero-order valence-electron chi connectivity index (χ0n) is 27.9. The fraction of sp³-hybridized carbons (Fsp3) is 0.629. The Morgan fingerprint density at radius 3 is 2.70 bits per heavy atom. The Hall–Kier alpha value is -3.22. The molecule has 47 heavy (non-hydrogen) atoms. The van der Waals surface area contributed by atoms with Crippen LogP contribution in [-0.4, -0.2) is 59.5 Å². The predicted octanol–water partition coefficient (Wildman–Crippen LogP) is 6.21. The van der Waals surface area contributed by atoms with Crippen LogP contribution in [-0.2, 0) is 10.0 Å². The van der Waals surface area contributed by atoms with E-state index in [-0.39, 0.29) is 5.03 Å². The predicted molar refractivity (Wildman–Crippen MR) is 183 cm³/mol. The van der Waals surface area contributed by atoms with Crippen LogP contribution in [0.4, 0.5) is 11.6 Å². The van der Waals surface area contributed by atoms with Crippen molar-refractivity contribution in [2.24, 2.45) is 17.3 Å². The van der Waals surface area contributed by atoms with Crippen molar-refractivity contribution in [1.29, 1.82) is 0 Å². The highest BCUT2D eigenvalue weighted by molar-refractivity contribution is 7.89. The first kappa shape index (κ1) is 33.7. The third-order valence-electron chi connectivity index (χ3n) is 10.5. The molecule has 11 nitrogen and oxygen atoms in total. The van der Waals surface area contributed by atoms with Gasteiger partial charge in [0.15, 0.2) is 10.8 Å². The quantitative estimate of drug-likeness (QED) is 0.244. The van der Waals surface area contributed by atoms with Gasteiger partial charge in [0.25, 0.3) is 10.0 Å². The van der Waals surface area contributed by atoms with E-state index in [0.29, 0.717) is 59.9 Å². The Labute approximate surface area is 279 Å². The molecule has 3 aromatic heterocycles. The summed E-state index contributed by atoms with van der Waals surface area (Å²) in [6.45, 7) is 6.97. The molecule has 3 atom stereocenters. The molecule has 1 spiro atoms. The minimum Gasteiger partial charge on any atom is -0.477 e. The maximum absolute atomic E-state index is 13.3. The number of ether oxygens (including phenoxy) is 1. The van der Waals surface area contributed by atoms with Gasteiger partial charge in [-0.15, -0.1) is 5.10 Å². The fourth-order valence-electron chi connectivity index (χ4n) is 7.52. The summed E-state index contributed by atoms with van der Waals surface area (Å²) in [6, 6.07) is 10.2. The van der Waals surface area contributed by atoms with Crippen LogP contribution in [0, 0.1) is 17.3 Å². The Morgan fingerprint density at radius 1 is 1.02 bits per heavy atom. The standard InChI is InChI=1S/C35H51N7O4S/c1-3-5-9-26-15-22-36-29-11-8-12-32(37-29)47(44,45)40-34(43)28-13-14-30(38-33(28)41(4-2)23-16-26)42-24-17-31(39-42)46-25-18-27-10-6-7-19-35(27)20-21-35/h8,11-14,17,24,26-27,34,40,43H,3-7,9-10,15-16,18-23,25H2,1-2H3,(H,36,37). The topological polar surface area (TPSA) is 134 Å². The molecular weight excluding hydrogens is 614 g/mol. The lowest BCUT2D eigenvalue weighted by molar-refractivity contribution is 0.165. The SMILES string of the molecule is CCCCC1CCNc2cccc(n2)S(=O)(=O)NC(O)c2ccc(-n3ccc(OCCC4CCCCC45CC5)n3)nc2N(CC)CC1. The van der Waals surface area contributed by atoms with Gasteiger partial charge in [-0.25, -0.2) is 23.1 Å². The molecule has 1 aliphatic heterocycles. The molecule has 256 valence electrons. The molecule has 2 aliphatic carbocycles. The summed E-state index contributed by atoms with van der Waals surface area (Å²) in [4.78, 5) is 11.4. The summed E-state index contributed by atoms with van der Waals surface area (Å²) < 4.78 is 36.9. The van der Waals surface area contributed by atoms with Crippen LogP contribution in [0.2, 0.25) is 0 Å². The molecule has 2 fully saturated rings. The van der Waals surface area contributed by atoms with Gasteiger partial charge in [-0.2, -0.15) is 4.72 Å². The summed E-state index contributed by atoms with van der Waals surface area (Å²) in [7, 11) is -4.13. The van der Waals surface area contributed by atoms with Crippen molar-refractivity contribution in [2.45, 2.75) is 102 Å². The summed E-state index contributed by atoms with van der Waals surface area (Å²) in [5.41, 5.74) is 0.967. The molecule has 3 aromatic rings. The Kier molecular flexibility index (Phi) is 10.7. The number of hydrogen-bond donors (Lipinski definition) is 3. The molecule has 3 unspecified atom stereocenters. The number of fused-ring (bicyclic) bond motifs is 3. The van der Waals surface area contributed by atoms with E-state index >= 15 is 0 Å². The van der Waals surface area contributed by atoms with E-state index in [2.05, 4.69) is 38.9 Å². The monoisotopic (exact) mass is 665 g/mol. The lowest BCUT2D eigenvalue weighted by Gasteiger charge is -2.31. The smallest absolute Gasteiger partial charge is 0.260 e. The Morgan fingerprint density at radius 2 is 1.89 bits per heavy atom. The zero-order valence-corrected chi connectivity index (χ0v) is 28.7. The molecule has 0 radical (unpaired) electrons. The maximum atomic E-state index is 13.3. The van der Waals surface area contributed by atoms with Gasteiger partial charge in [-0.1, -0.05) is 45.1 Å². The summed E-state index contributed by atoms with van der Waals surface area (Å²) in [6.07, 6.45) is 14.8. The third-order valence-corrected chi connectivity index (χ3v) is 11.8. The lowest BCUT2D eigenvalue weighted by atomic mass is 9.75. The van der Waals surface area contributed by atoms with E-state index in [1.807, 2.05) is 12.3 Å². The lowest BCUT2D eigenvalue weighted by Crippen LogP contribution is -2.33. The van der Waals surface area contributed by atoms with Gasteiger partial charge in [-0.05, 0) is 93.4 Å². The highest BCUT2D eigenvalue weighted by Crippen LogP contribution is 2.60. The van der Waals surface area contributed by atoms with Crippen LogP contribution in [0.25, 0.3) is 5.82 Å². The van der Waals surface area contributed by atoms with Crippen molar-refractivity contribution < 1.29 is 18.3 Å². The number of anilines is 2. The molecule has 0 saturated heterocycles. The molecule has 0 amide bonds. The highest BCUT2D eigenvalue weighted by Gasteiger charge is 2.49. The van der Waals surface area contributed by atoms with E-state index in [1.165, 1.54) is 44.6 Å². The molecule has 4 heterocycles. The average Bonchev–Trinajstić information content (AvgIpc) is 3.68. The summed E-state index contributed by atoms with van der Waals surface area (Å²) in [5.74, 6) is 3.37. The van der Waals surface area contributed by atoms with Gasteiger partial charge in [0.2, 0.25) is 5.88 Å². The van der Waals surface area contributed by atoms with Gasteiger partial charge in [0, 0.05) is 37.5 Å². The second-order valence-electron chi connectivity index (χ2n) is 13.6. The molecule has 2 bridgehead atoms. The van der Waals surface area contributed by atoms with Crippen LogP contribution in [0.3, 0.4) is 0 Å². The first-order valence-corrected chi connectivity index (χ1v) is 19.1. The minimum atomic E-state index is -4.13. The Balaban J connectivity index is 1.24. The van der Waals surface area contributed by atoms with E-state index in [0.717, 1.165) is 51.0 Å². The van der Waals surface area contributed by atoms with Crippen LogP contribution >= 0.6 is 0 Å². The molecule has 12 heteroatoms. The second-order valence-corrected chi connectivity index (χ2v) is 15.3. The van der Waals surface area contributed by atoms with E-state index in [4.69, 9.17) is 9.72 Å². The summed E-state index contributed by atoms with van der Waals surface area (Å²) in [5, 5.41) is 19.2. The number of aromatic nitrogens is 4. The van der Waals surface area contributed by atoms with Crippen LogP contribution < -0.4 is 19.7 Å². The number of nitrogens with one attached hydrogen (secondary N) is 2. The number of unbranched alkanes of at least 4 members (excludes halogenated alkanes) is 1. The van der Waals surface area contributed by atoms with Gasteiger partial charge in [0.1, 0.15) is 17.9 Å². The number of hydrogen-bond acceptors (Lipinski definition) is 9. The van der Waals surface area contributed by atoms with Crippen LogP contribution in [0.5, 0.6) is 5.88 Å². The van der Waals surface area contributed by atoms with Gasteiger partial charge in [0.05, 0.1) is 6.61 Å². The normalized spacial score (nSPS) is 24.1. The number of aliphatic hydroxyl groups excluding tert-OH is 1. The molecule has 0 aromatic carbocycles. The number of rotatable bonds is 9. The number of nitrogens with zero attached hydrogens (tertiary/aromatic N) is 5. The second kappa shape index (κ2) is 14.9. The third kappa shape index (κ3) is 8.09. The zero-order chi connectivity index (χ0) is 32.9. The van der Waals surface area contributed by atoms with Crippen molar-refractivity contribution in [1.82, 2.24) is 24.5 Å². The van der Waals surface area contributed by atoms with Crippen LogP contribution in [0.1, 0.15) is 103 Å². The maximum Gasteiger partial charge on any atom is 0.260 e. The van der Waals surface area contributed by atoms with Crippen molar-refractivity contribution in [3.8, 4) is 11.7 Å². The van der Waals surface area contributed by atoms with E-state index in [9.17, 15) is 13.5 Å². The first-order chi connectivity index (χ1) is 22.8. The number of sulfonamides is 1. The largest absolute Gasteiger partial charge is 0.477 e. The molecular formula is C35H51N7O4S. The van der Waals surface area contributed by atoms with Crippen LogP contribution in [0.15, 0.2) is 47.6 Å². The van der Waals surface area contributed by atoms with Crippen molar-refractivity contribution in [3.05, 3.63) is 48.2 Å². The molecule has 6 rings (SSSR count). The molecule has 3 aliphatic rings. The van der Waals surface area contributed by atoms with Crippen molar-refractivity contribution in [3.63, 3.8) is 0 Å². The Bertz CT molecular complexity index is 1590. The van der Waals surface area contributed by atoms with Gasteiger partial charge in [-0.3, -0.25) is 0 Å². The fourth-order valence-corrected chi connectivity index (χ4v) is 8.54. The van der Waals surface area contributed by atoms with Crippen molar-refractivity contribution in [2.75, 3.05) is 36.5 Å². The van der Waals surface area contributed by atoms with Crippen molar-refractivity contribution >= 4 is 21.7 Å². The minimum absolute atomic E-state index is 0.155. The molecule has 3 N–H and O–H groups in total. The van der Waals surface area contributed by atoms with Gasteiger partial charge < -0.3 is 20.1 Å².